The number of aliphatic hydroxyl groups is 2. The number of nitrogens with one attached hydrogen (secondary N) is 17. The Hall–Kier alpha value is -11.6. The number of nitrogens with two attached hydrogens (primary N) is 2. The highest BCUT2D eigenvalue weighted by molar-refractivity contribution is 6.00. The molecule has 820 valence electrons. The number of alkyl carbamates (subject to hydrolysis) is 5. The number of amides is 18. The molecule has 2 rings (SSSR count). The van der Waals surface area contributed by atoms with Crippen LogP contribution >= 0.6 is 0 Å². The first-order valence-electron chi connectivity index (χ1n) is 49.1. The van der Waals surface area contributed by atoms with E-state index in [4.69, 9.17) is 54.1 Å². The number of rotatable bonds is 54. The molecule has 1 aliphatic rings. The molecular formula is C95H166N20O29. The summed E-state index contributed by atoms with van der Waals surface area (Å²) in [5.41, 5.74) is 6.30. The molecule has 0 spiro atoms. The van der Waals surface area contributed by atoms with Crippen molar-refractivity contribution in [2.45, 2.75) is 335 Å². The predicted molar refractivity (Wildman–Crippen MR) is 527 cm³/mol. The van der Waals surface area contributed by atoms with Crippen LogP contribution in [-0.4, -0.2) is 347 Å². The topological polar surface area (TPSA) is 691 Å². The summed E-state index contributed by atoms with van der Waals surface area (Å²) in [7, 11) is 0. The third-order valence-corrected chi connectivity index (χ3v) is 20.3. The number of nitrogens with zero attached hydrogens (tertiary/aromatic N) is 1. The van der Waals surface area contributed by atoms with E-state index in [1.165, 1.54) is 4.90 Å². The van der Waals surface area contributed by atoms with E-state index >= 15 is 33.6 Å². The molecule has 23 N–H and O–H groups in total. The number of aliphatic hydroxyl groups excluding tert-OH is 2. The van der Waals surface area contributed by atoms with Crippen LogP contribution in [0.3, 0.4) is 0 Å². The second-order valence-electron chi connectivity index (χ2n) is 40.2. The average molecular weight is 2050 g/mol. The third-order valence-electron chi connectivity index (χ3n) is 20.3. The quantitative estimate of drug-likeness (QED) is 0.0292. The molecule has 1 fully saturated rings. The SMILES string of the molecule is CCCCCC[C@H](NC(=O)CN(CCCOCCOCCOCCOCCN)CC(N)=O)C(=O)N[C@@H](CCNC(=O)OC(C)(C)C)C(=O)N[C@H](C(=O)N[C@@H](CCNC(=O)OC(C)(C)C)C(=O)NC1CCNC(=O)[C@H]([C@@H](C)O)NC(=O)[C@H](CCNC(=O)OC(C)(C)C)NC(=O)[C@H](CCNC(=O)OC(C)(C)C)NC(=O)[C@H](CC(C)C)NC(=O)[C@@H](Cc2ccccc2)NC(=O)[C@H](CCNC(=O)OC(C)(C)C)NC1=O)C(C)O. The summed E-state index contributed by atoms with van der Waals surface area (Å²) < 4.78 is 49.1. The Balaban J connectivity index is 3.07. The Kier molecular flexibility index (Phi) is 59.2. The van der Waals surface area contributed by atoms with E-state index in [1.54, 1.807) is 148 Å². The van der Waals surface area contributed by atoms with Crippen LogP contribution in [0.4, 0.5) is 24.0 Å². The molecule has 1 saturated heterocycles. The van der Waals surface area contributed by atoms with Gasteiger partial charge < -0.3 is 155 Å². The van der Waals surface area contributed by atoms with Crippen molar-refractivity contribution in [3.05, 3.63) is 35.9 Å². The van der Waals surface area contributed by atoms with Crippen LogP contribution in [0.25, 0.3) is 0 Å². The molecule has 49 nitrogen and oxygen atoms in total. The van der Waals surface area contributed by atoms with Crippen molar-refractivity contribution in [3.63, 3.8) is 0 Å². The Morgan fingerprint density at radius 2 is 0.819 bits per heavy atom. The molecule has 49 heteroatoms. The van der Waals surface area contributed by atoms with Gasteiger partial charge in [0.1, 0.15) is 94.5 Å². The Bertz CT molecular complexity index is 4190. The minimum Gasteiger partial charge on any atom is -0.444 e. The van der Waals surface area contributed by atoms with Crippen molar-refractivity contribution in [3.8, 4) is 0 Å². The molecular weight excluding hydrogens is 1890 g/mol. The van der Waals surface area contributed by atoms with Gasteiger partial charge in [0.05, 0.1) is 71.5 Å². The predicted octanol–water partition coefficient (Wildman–Crippen LogP) is -0.364. The van der Waals surface area contributed by atoms with E-state index in [-0.39, 0.29) is 58.7 Å². The summed E-state index contributed by atoms with van der Waals surface area (Å²) in [6.07, 6.45) is -9.55. The van der Waals surface area contributed by atoms with E-state index < -0.39 is 298 Å². The maximum Gasteiger partial charge on any atom is 0.407 e. The van der Waals surface area contributed by atoms with Gasteiger partial charge in [0.2, 0.25) is 76.8 Å². The molecule has 144 heavy (non-hydrogen) atoms. The summed E-state index contributed by atoms with van der Waals surface area (Å²) >= 11 is 0. The van der Waals surface area contributed by atoms with Crippen molar-refractivity contribution in [1.29, 1.82) is 0 Å². The van der Waals surface area contributed by atoms with Crippen LogP contribution in [0.1, 0.15) is 228 Å². The third kappa shape index (κ3) is 59.6. The van der Waals surface area contributed by atoms with Crippen LogP contribution in [0.2, 0.25) is 0 Å². The van der Waals surface area contributed by atoms with Crippen molar-refractivity contribution < 1.29 is 139 Å². The number of hydrogen-bond acceptors (Lipinski definition) is 31. The van der Waals surface area contributed by atoms with Crippen LogP contribution in [0.5, 0.6) is 0 Å². The molecule has 0 bridgehead atoms. The van der Waals surface area contributed by atoms with Crippen molar-refractivity contribution in [2.24, 2.45) is 17.4 Å². The maximum absolute atomic E-state index is 15.6. The molecule has 18 amide bonds. The van der Waals surface area contributed by atoms with Gasteiger partial charge in [-0.25, -0.2) is 24.0 Å². The maximum atomic E-state index is 15.6. The summed E-state index contributed by atoms with van der Waals surface area (Å²) in [4.78, 5) is 260. The first-order valence-corrected chi connectivity index (χ1v) is 49.1. The Labute approximate surface area is 844 Å². The highest BCUT2D eigenvalue weighted by Gasteiger charge is 2.40. The van der Waals surface area contributed by atoms with Crippen LogP contribution in [0.15, 0.2) is 30.3 Å². The van der Waals surface area contributed by atoms with Gasteiger partial charge in [0.25, 0.3) is 0 Å². The van der Waals surface area contributed by atoms with Gasteiger partial charge in [-0.05, 0) is 187 Å². The Morgan fingerprint density at radius 3 is 1.25 bits per heavy atom. The fraction of sp³-hybridized carbons (Fsp3) is 0.747. The lowest BCUT2D eigenvalue weighted by atomic mass is 10.00. The summed E-state index contributed by atoms with van der Waals surface area (Å²) in [5, 5.41) is 66.2. The number of carbonyl (C=O) groups is 18. The zero-order valence-corrected chi connectivity index (χ0v) is 87.6. The molecule has 13 atom stereocenters. The minimum absolute atomic E-state index is 0.00231. The van der Waals surface area contributed by atoms with Gasteiger partial charge in [-0.3, -0.25) is 67.2 Å². The Morgan fingerprint density at radius 1 is 0.431 bits per heavy atom. The monoisotopic (exact) mass is 2050 g/mol. The zero-order chi connectivity index (χ0) is 109. The fourth-order valence-electron chi connectivity index (χ4n) is 13.6. The number of carbonyl (C=O) groups excluding carboxylic acids is 18. The first-order chi connectivity index (χ1) is 67.3. The highest BCUT2D eigenvalue weighted by atomic mass is 16.6. The van der Waals surface area contributed by atoms with Crippen molar-refractivity contribution in [1.82, 2.24) is 95.3 Å². The molecule has 1 aromatic rings. The van der Waals surface area contributed by atoms with E-state index in [1.807, 2.05) is 6.92 Å². The number of hydrogen-bond donors (Lipinski definition) is 21. The second kappa shape index (κ2) is 66.4. The first kappa shape index (κ1) is 128. The summed E-state index contributed by atoms with van der Waals surface area (Å²) in [6, 6.07) is -11.6. The average Bonchev–Trinajstić information content (AvgIpc) is 0.867. The molecule has 0 radical (unpaired) electrons. The number of ether oxygens (including phenoxy) is 9. The van der Waals surface area contributed by atoms with Gasteiger partial charge in [0, 0.05) is 65.4 Å². The van der Waals surface area contributed by atoms with E-state index in [2.05, 4.69) is 90.4 Å². The van der Waals surface area contributed by atoms with Crippen LogP contribution in [0, 0.1) is 5.92 Å². The lowest BCUT2D eigenvalue weighted by Gasteiger charge is -2.29. The zero-order valence-electron chi connectivity index (χ0n) is 87.6. The molecule has 1 heterocycles. The van der Waals surface area contributed by atoms with E-state index in [9.17, 15) is 63.0 Å². The largest absolute Gasteiger partial charge is 0.444 e. The molecule has 0 aliphatic carbocycles. The number of benzene rings is 1. The standard InChI is InChI=1S/C95H166N20O29/c1-21-22-23-27-31-62(104-72(119)57-115(56-71(97)118)45-28-46-136-48-50-138-52-53-139-51-49-137-47-38-96)75(120)107-68(37-44-103-90(135)144-95(18,19)20)81(126)114-74(60(5)117)85(130)110-66(35-42-101-88(133)142-93(12,13)14)78(123)105-63-32-39-98-84(129)73(59(4)116)113-80(125)67(36-43-102-89(134)143-94(15,16)17)108-77(122)64(33-40-99-86(131)140-91(6,7)8)109-82(127)69(54-58(2)3)111-83(128)70(55-61-29-25-24-26-30-61)112-79(124)65(106-76(63)121)34-41-100-87(132)141-92(9,10)11/h24-26,29-30,58-60,62-70,73-74,116-117H,21-23,27-28,31-57,96H2,1-20H3,(H2,97,118)(H,98,129)(H,99,131)(H,100,132)(H,101,133)(H,102,134)(H,103,135)(H,104,119)(H,105,123)(H,106,121)(H,107,120)(H,108,122)(H,109,127)(H,110,130)(H,111,128)(H,112,124)(H,113,125)(H,114,126)/t59-,60?,62+,63?,64+,65+,66+,67+,68+,69+,70-,73+,74+/m1/s1. The lowest BCUT2D eigenvalue weighted by Crippen LogP contribution is -2.62. The molecule has 0 saturated carbocycles. The van der Waals surface area contributed by atoms with E-state index in [0.717, 1.165) is 26.7 Å². The van der Waals surface area contributed by atoms with Crippen LogP contribution < -0.4 is 102 Å². The summed E-state index contributed by atoms with van der Waals surface area (Å²) in [6.45, 7) is 30.5. The number of unbranched alkanes of at least 4 members (excludes halogenated alkanes) is 3. The summed E-state index contributed by atoms with van der Waals surface area (Å²) in [5.74, 6) is -14.6. The van der Waals surface area contributed by atoms with Crippen molar-refractivity contribution >= 4 is 107 Å². The molecule has 1 aromatic carbocycles. The molecule has 2 unspecified atom stereocenters. The lowest BCUT2D eigenvalue weighted by molar-refractivity contribution is -0.137. The van der Waals surface area contributed by atoms with Gasteiger partial charge in [-0.15, -0.1) is 0 Å². The van der Waals surface area contributed by atoms with E-state index in [0.29, 0.717) is 64.4 Å². The fourth-order valence-corrected chi connectivity index (χ4v) is 13.6. The van der Waals surface area contributed by atoms with Gasteiger partial charge in [-0.1, -0.05) is 76.8 Å². The highest BCUT2D eigenvalue weighted by Crippen LogP contribution is 2.18. The minimum atomic E-state index is -2.10. The normalized spacial score (nSPS) is 18.6. The van der Waals surface area contributed by atoms with Crippen LogP contribution in [-0.2, 0) is 111 Å². The van der Waals surface area contributed by atoms with Gasteiger partial charge >= 0.3 is 30.5 Å². The van der Waals surface area contributed by atoms with Crippen molar-refractivity contribution in [2.75, 3.05) is 118 Å². The smallest absolute Gasteiger partial charge is 0.407 e. The second-order valence-corrected chi connectivity index (χ2v) is 40.2. The number of primary amides is 1. The molecule has 1 aliphatic heterocycles. The molecule has 0 aromatic heterocycles. The van der Waals surface area contributed by atoms with Gasteiger partial charge in [0.15, 0.2) is 0 Å². The van der Waals surface area contributed by atoms with Gasteiger partial charge in [-0.2, -0.15) is 0 Å².